The number of halogens is 3. The Kier molecular flexibility index (Phi) is 5.39. The van der Waals surface area contributed by atoms with Crippen molar-refractivity contribution in [2.75, 3.05) is 0 Å². The summed E-state index contributed by atoms with van der Waals surface area (Å²) in [5, 5.41) is 11.4. The van der Waals surface area contributed by atoms with Crippen LogP contribution in [0, 0.1) is 5.41 Å². The third-order valence-electron chi connectivity index (χ3n) is 8.86. The van der Waals surface area contributed by atoms with Crippen molar-refractivity contribution >= 4 is 0 Å². The van der Waals surface area contributed by atoms with Crippen molar-refractivity contribution in [2.45, 2.75) is 108 Å². The molecule has 2 heterocycles. The molecule has 1 aliphatic heterocycles. The van der Waals surface area contributed by atoms with Gasteiger partial charge < -0.3 is 9.84 Å². The first-order chi connectivity index (χ1) is 16.6. The maximum atomic E-state index is 13.3. The number of pyridine rings is 1. The van der Waals surface area contributed by atoms with Gasteiger partial charge in [-0.2, -0.15) is 13.2 Å². The number of fused-ring (bicyclic) bond motifs is 4. The van der Waals surface area contributed by atoms with Crippen LogP contribution >= 0.6 is 0 Å². The average molecular weight is 486 g/mol. The third kappa shape index (κ3) is 3.83. The summed E-state index contributed by atoms with van der Waals surface area (Å²) in [7, 11) is 0. The van der Waals surface area contributed by atoms with Crippen LogP contribution in [0.5, 0.6) is 0 Å². The van der Waals surface area contributed by atoms with Gasteiger partial charge in [0.1, 0.15) is 6.10 Å². The Morgan fingerprint density at radius 2 is 1.63 bits per heavy atom. The minimum atomic E-state index is -4.37. The zero-order chi connectivity index (χ0) is 24.6. The van der Waals surface area contributed by atoms with Crippen LogP contribution in [0.1, 0.15) is 129 Å². The standard InChI is InChI=1S/C29H34F3NO2/c1-27(2)15-20-22(21(34)16-27)24-23(25(33-20)17-7-3-4-8-17)26(35-28(24)13-5-6-14-28)18-9-11-19(12-10-18)29(30,31)32/h9-12,17,21,26,34H,3-8,13-16H2,1-2H3/t21?,26-/m1/s1. The second kappa shape index (κ2) is 8.04. The summed E-state index contributed by atoms with van der Waals surface area (Å²) in [6, 6.07) is 5.47. The Hall–Kier alpha value is -1.92. The van der Waals surface area contributed by atoms with Gasteiger partial charge in [-0.3, -0.25) is 4.98 Å². The monoisotopic (exact) mass is 485 g/mol. The van der Waals surface area contributed by atoms with Crippen molar-refractivity contribution in [2.24, 2.45) is 5.41 Å². The van der Waals surface area contributed by atoms with Gasteiger partial charge in [0.15, 0.2) is 0 Å². The Balaban J connectivity index is 1.57. The fourth-order valence-electron chi connectivity index (χ4n) is 7.33. The van der Waals surface area contributed by atoms with E-state index in [0.29, 0.717) is 12.3 Å². The summed E-state index contributed by atoms with van der Waals surface area (Å²) >= 11 is 0. The Labute approximate surface area is 205 Å². The number of aliphatic hydroxyl groups is 1. The molecule has 2 saturated carbocycles. The molecule has 188 valence electrons. The van der Waals surface area contributed by atoms with E-state index in [2.05, 4.69) is 13.8 Å². The van der Waals surface area contributed by atoms with E-state index in [1.165, 1.54) is 12.8 Å². The molecule has 3 aliphatic carbocycles. The summed E-state index contributed by atoms with van der Waals surface area (Å²) in [6.07, 6.45) is 4.47. The number of nitrogens with zero attached hydrogens (tertiary/aromatic N) is 1. The van der Waals surface area contributed by atoms with Gasteiger partial charge in [-0.05, 0) is 67.2 Å². The third-order valence-corrected chi connectivity index (χ3v) is 8.86. The number of alkyl halides is 3. The molecule has 1 aromatic heterocycles. The molecule has 3 nitrogen and oxygen atoms in total. The molecule has 0 bridgehead atoms. The minimum Gasteiger partial charge on any atom is -0.388 e. The smallest absolute Gasteiger partial charge is 0.388 e. The first kappa shape index (κ1) is 23.5. The number of aliphatic hydroxyl groups excluding tert-OH is 1. The van der Waals surface area contributed by atoms with Gasteiger partial charge in [0.25, 0.3) is 0 Å². The molecule has 6 heteroatoms. The SMILES string of the molecule is CC1(C)Cc2nc(C3CCCC3)c3c(c2C(O)C1)C1(CCCC1)O[C@@H]3c1ccc(C(F)(F)F)cc1. The lowest BCUT2D eigenvalue weighted by Gasteiger charge is -2.38. The molecular weight excluding hydrogens is 451 g/mol. The normalized spacial score (nSPS) is 27.4. The minimum absolute atomic E-state index is 0.0320. The second-order valence-electron chi connectivity index (χ2n) is 12.0. The predicted molar refractivity (Wildman–Crippen MR) is 127 cm³/mol. The molecule has 6 rings (SSSR count). The molecule has 2 fully saturated rings. The Morgan fingerprint density at radius 3 is 2.26 bits per heavy atom. The number of hydrogen-bond acceptors (Lipinski definition) is 3. The maximum absolute atomic E-state index is 13.3. The highest BCUT2D eigenvalue weighted by Crippen LogP contribution is 2.60. The number of benzene rings is 1. The average Bonchev–Trinajstić information content (AvgIpc) is 3.54. The van der Waals surface area contributed by atoms with Crippen LogP contribution in [0.4, 0.5) is 13.2 Å². The Morgan fingerprint density at radius 1 is 0.971 bits per heavy atom. The van der Waals surface area contributed by atoms with E-state index in [1.807, 2.05) is 0 Å². The van der Waals surface area contributed by atoms with Crippen LogP contribution in [0.25, 0.3) is 0 Å². The summed E-state index contributed by atoms with van der Waals surface area (Å²) in [5.41, 5.74) is 4.82. The summed E-state index contributed by atoms with van der Waals surface area (Å²) in [5.74, 6) is 0.341. The van der Waals surface area contributed by atoms with Crippen LogP contribution in [0.2, 0.25) is 0 Å². The molecule has 2 aromatic rings. The topological polar surface area (TPSA) is 42.4 Å². The van der Waals surface area contributed by atoms with E-state index in [1.54, 1.807) is 12.1 Å². The van der Waals surface area contributed by atoms with Gasteiger partial charge in [0.05, 0.1) is 23.0 Å². The molecule has 1 N–H and O–H groups in total. The summed E-state index contributed by atoms with van der Waals surface area (Å²) in [4.78, 5) is 5.28. The lowest BCUT2D eigenvalue weighted by Crippen LogP contribution is -2.32. The largest absolute Gasteiger partial charge is 0.416 e. The van der Waals surface area contributed by atoms with Gasteiger partial charge in [-0.1, -0.05) is 51.7 Å². The first-order valence-corrected chi connectivity index (χ1v) is 13.2. The number of aromatic nitrogens is 1. The van der Waals surface area contributed by atoms with Crippen molar-refractivity contribution in [1.29, 1.82) is 0 Å². The molecule has 1 spiro atoms. The van der Waals surface area contributed by atoms with E-state index < -0.39 is 29.5 Å². The zero-order valence-corrected chi connectivity index (χ0v) is 20.5. The van der Waals surface area contributed by atoms with E-state index in [0.717, 1.165) is 90.7 Å². The van der Waals surface area contributed by atoms with E-state index >= 15 is 0 Å². The fraction of sp³-hybridized carbons (Fsp3) is 0.621. The highest BCUT2D eigenvalue weighted by atomic mass is 19.4. The van der Waals surface area contributed by atoms with Crippen LogP contribution < -0.4 is 0 Å². The highest BCUT2D eigenvalue weighted by Gasteiger charge is 2.53. The molecule has 4 aliphatic rings. The van der Waals surface area contributed by atoms with Crippen molar-refractivity contribution < 1.29 is 23.0 Å². The lowest BCUT2D eigenvalue weighted by molar-refractivity contribution is -0.137. The van der Waals surface area contributed by atoms with E-state index in [4.69, 9.17) is 9.72 Å². The van der Waals surface area contributed by atoms with Gasteiger partial charge in [0, 0.05) is 22.7 Å². The zero-order valence-electron chi connectivity index (χ0n) is 20.5. The van der Waals surface area contributed by atoms with Crippen LogP contribution in [0.15, 0.2) is 24.3 Å². The number of hydrogen-bond donors (Lipinski definition) is 1. The fourth-order valence-corrected chi connectivity index (χ4v) is 7.33. The van der Waals surface area contributed by atoms with Crippen LogP contribution in [0.3, 0.4) is 0 Å². The van der Waals surface area contributed by atoms with Crippen LogP contribution in [-0.4, -0.2) is 10.1 Å². The summed E-state index contributed by atoms with van der Waals surface area (Å²) < 4.78 is 46.7. The van der Waals surface area contributed by atoms with Crippen molar-refractivity contribution in [3.05, 3.63) is 63.5 Å². The second-order valence-corrected chi connectivity index (χ2v) is 12.0. The maximum Gasteiger partial charge on any atom is 0.416 e. The molecular formula is C29H34F3NO2. The Bertz CT molecular complexity index is 1130. The van der Waals surface area contributed by atoms with E-state index in [9.17, 15) is 18.3 Å². The highest BCUT2D eigenvalue weighted by molar-refractivity contribution is 5.55. The van der Waals surface area contributed by atoms with Crippen molar-refractivity contribution in [3.63, 3.8) is 0 Å². The van der Waals surface area contributed by atoms with Crippen molar-refractivity contribution in [1.82, 2.24) is 4.98 Å². The van der Waals surface area contributed by atoms with Gasteiger partial charge in [-0.25, -0.2) is 0 Å². The molecule has 0 saturated heterocycles. The molecule has 35 heavy (non-hydrogen) atoms. The molecule has 1 aromatic carbocycles. The van der Waals surface area contributed by atoms with Crippen LogP contribution in [-0.2, 0) is 22.9 Å². The molecule has 0 amide bonds. The molecule has 2 atom stereocenters. The summed E-state index contributed by atoms with van der Waals surface area (Å²) in [6.45, 7) is 4.38. The molecule has 0 radical (unpaired) electrons. The first-order valence-electron chi connectivity index (χ1n) is 13.2. The quantitative estimate of drug-likeness (QED) is 0.475. The van der Waals surface area contributed by atoms with E-state index in [-0.39, 0.29) is 5.41 Å². The van der Waals surface area contributed by atoms with Gasteiger partial charge >= 0.3 is 6.18 Å². The lowest BCUT2D eigenvalue weighted by atomic mass is 9.70. The number of ether oxygens (including phenoxy) is 1. The predicted octanol–water partition coefficient (Wildman–Crippen LogP) is 7.65. The van der Waals surface area contributed by atoms with Gasteiger partial charge in [-0.15, -0.1) is 0 Å². The van der Waals surface area contributed by atoms with Crippen molar-refractivity contribution in [3.8, 4) is 0 Å². The molecule has 1 unspecified atom stereocenters. The number of rotatable bonds is 2. The van der Waals surface area contributed by atoms with Gasteiger partial charge in [0.2, 0.25) is 0 Å².